The third-order valence-electron chi connectivity index (χ3n) is 5.78. The molecule has 1 aliphatic heterocycles. The highest BCUT2D eigenvalue weighted by molar-refractivity contribution is 5.90. The van der Waals surface area contributed by atoms with E-state index < -0.39 is 0 Å². The van der Waals surface area contributed by atoms with E-state index in [1.165, 1.54) is 30.1 Å². The van der Waals surface area contributed by atoms with Crippen molar-refractivity contribution in [2.45, 2.75) is 27.7 Å². The number of aryl methyl sites for hydroxylation is 3. The van der Waals surface area contributed by atoms with Crippen LogP contribution in [0.4, 0.5) is 29.0 Å². The first-order valence-corrected chi connectivity index (χ1v) is 10.8. The first-order chi connectivity index (χ1) is 15.4. The molecular formula is C24H29N7O. The van der Waals surface area contributed by atoms with Gasteiger partial charge >= 0.3 is 0 Å². The highest BCUT2D eigenvalue weighted by Crippen LogP contribution is 2.24. The number of rotatable bonds is 5. The zero-order valence-electron chi connectivity index (χ0n) is 19.0. The molecule has 0 saturated carbocycles. The van der Waals surface area contributed by atoms with E-state index in [1.807, 2.05) is 25.1 Å². The Morgan fingerprint density at radius 2 is 1.59 bits per heavy atom. The van der Waals surface area contributed by atoms with Crippen LogP contribution in [0.25, 0.3) is 0 Å². The second kappa shape index (κ2) is 9.21. The zero-order chi connectivity index (χ0) is 22.7. The second-order valence-corrected chi connectivity index (χ2v) is 8.19. The average molecular weight is 432 g/mol. The summed E-state index contributed by atoms with van der Waals surface area (Å²) in [6.07, 6.45) is 1.53. The highest BCUT2D eigenvalue weighted by Gasteiger charge is 2.20. The van der Waals surface area contributed by atoms with Crippen LogP contribution in [-0.2, 0) is 4.79 Å². The standard InChI is InChI=1S/C24H29N7O/c1-16-6-8-21(13-18(16)3)30-9-11-31(12-10-30)24-26-15-25-23(29-24)28-20-7-5-17(2)22(14-20)27-19(4)32/h5-8,13-15H,9-12H2,1-4H3,(H,27,32)(H,25,26,28,29). The summed E-state index contributed by atoms with van der Waals surface area (Å²) >= 11 is 0. The van der Waals surface area contributed by atoms with Gasteiger partial charge in [-0.1, -0.05) is 12.1 Å². The third kappa shape index (κ3) is 4.96. The van der Waals surface area contributed by atoms with E-state index in [1.54, 1.807) is 0 Å². The first kappa shape index (κ1) is 21.5. The predicted molar refractivity (Wildman–Crippen MR) is 129 cm³/mol. The Morgan fingerprint density at radius 3 is 2.31 bits per heavy atom. The molecule has 2 heterocycles. The lowest BCUT2D eigenvalue weighted by Crippen LogP contribution is -2.47. The van der Waals surface area contributed by atoms with Crippen molar-refractivity contribution in [1.29, 1.82) is 0 Å². The van der Waals surface area contributed by atoms with E-state index in [0.29, 0.717) is 11.9 Å². The SMILES string of the molecule is CC(=O)Nc1cc(Nc2ncnc(N3CCN(c4ccc(C)c(C)c4)CC3)n2)ccc1C. The Hall–Kier alpha value is -3.68. The molecule has 0 atom stereocenters. The molecule has 8 nitrogen and oxygen atoms in total. The maximum absolute atomic E-state index is 11.4. The van der Waals surface area contributed by atoms with Crippen molar-refractivity contribution in [1.82, 2.24) is 15.0 Å². The van der Waals surface area contributed by atoms with Gasteiger partial charge in [0.1, 0.15) is 6.33 Å². The highest BCUT2D eigenvalue weighted by atomic mass is 16.1. The zero-order valence-corrected chi connectivity index (χ0v) is 19.0. The van der Waals surface area contributed by atoms with Crippen LogP contribution in [0.1, 0.15) is 23.6 Å². The maximum Gasteiger partial charge on any atom is 0.231 e. The summed E-state index contributed by atoms with van der Waals surface area (Å²) in [6, 6.07) is 12.4. The molecule has 1 fully saturated rings. The summed E-state index contributed by atoms with van der Waals surface area (Å²) in [6.45, 7) is 11.2. The minimum atomic E-state index is -0.104. The molecule has 8 heteroatoms. The number of aromatic nitrogens is 3. The van der Waals surface area contributed by atoms with Gasteiger partial charge in [0, 0.05) is 50.2 Å². The van der Waals surface area contributed by atoms with Gasteiger partial charge in [0.15, 0.2) is 0 Å². The number of amides is 1. The molecule has 4 rings (SSSR count). The van der Waals surface area contributed by atoms with Crippen molar-refractivity contribution in [3.8, 4) is 0 Å². The molecule has 166 valence electrons. The van der Waals surface area contributed by atoms with Crippen LogP contribution in [0.3, 0.4) is 0 Å². The molecule has 2 aromatic carbocycles. The minimum absolute atomic E-state index is 0.104. The molecular weight excluding hydrogens is 402 g/mol. The molecule has 0 bridgehead atoms. The van der Waals surface area contributed by atoms with E-state index in [9.17, 15) is 4.79 Å². The van der Waals surface area contributed by atoms with Crippen LogP contribution >= 0.6 is 0 Å². The van der Waals surface area contributed by atoms with Gasteiger partial charge in [-0.15, -0.1) is 0 Å². The largest absolute Gasteiger partial charge is 0.368 e. The molecule has 1 aliphatic rings. The van der Waals surface area contributed by atoms with Gasteiger partial charge in [0.2, 0.25) is 17.8 Å². The monoisotopic (exact) mass is 431 g/mol. The molecule has 0 aliphatic carbocycles. The summed E-state index contributed by atoms with van der Waals surface area (Å²) in [7, 11) is 0. The van der Waals surface area contributed by atoms with Gasteiger partial charge in [-0.05, 0) is 61.7 Å². The average Bonchev–Trinajstić information content (AvgIpc) is 2.78. The number of hydrogen-bond donors (Lipinski definition) is 2. The molecule has 2 N–H and O–H groups in total. The van der Waals surface area contributed by atoms with Gasteiger partial charge < -0.3 is 20.4 Å². The van der Waals surface area contributed by atoms with Crippen LogP contribution in [-0.4, -0.2) is 47.0 Å². The number of hydrogen-bond acceptors (Lipinski definition) is 7. The first-order valence-electron chi connectivity index (χ1n) is 10.8. The second-order valence-electron chi connectivity index (χ2n) is 8.19. The quantitative estimate of drug-likeness (QED) is 0.635. The van der Waals surface area contributed by atoms with Crippen molar-refractivity contribution in [3.05, 3.63) is 59.4 Å². The van der Waals surface area contributed by atoms with Crippen LogP contribution in [0, 0.1) is 20.8 Å². The van der Waals surface area contributed by atoms with Crippen LogP contribution in [0.5, 0.6) is 0 Å². The number of carbonyl (C=O) groups is 1. The summed E-state index contributed by atoms with van der Waals surface area (Å²) < 4.78 is 0. The fourth-order valence-electron chi connectivity index (χ4n) is 3.74. The summed E-state index contributed by atoms with van der Waals surface area (Å²) in [4.78, 5) is 29.3. The van der Waals surface area contributed by atoms with Crippen LogP contribution in [0.15, 0.2) is 42.7 Å². The molecule has 0 unspecified atom stereocenters. The van der Waals surface area contributed by atoms with E-state index in [0.717, 1.165) is 43.1 Å². The van der Waals surface area contributed by atoms with Gasteiger partial charge in [-0.2, -0.15) is 4.98 Å². The number of nitrogens with one attached hydrogen (secondary N) is 2. The third-order valence-corrected chi connectivity index (χ3v) is 5.78. The number of anilines is 5. The van der Waals surface area contributed by atoms with E-state index in [2.05, 4.69) is 67.4 Å². The minimum Gasteiger partial charge on any atom is -0.368 e. The fraction of sp³-hybridized carbons (Fsp3) is 0.333. The van der Waals surface area contributed by atoms with Crippen LogP contribution in [0.2, 0.25) is 0 Å². The number of nitrogens with zero attached hydrogens (tertiary/aromatic N) is 5. The lowest BCUT2D eigenvalue weighted by molar-refractivity contribution is -0.114. The lowest BCUT2D eigenvalue weighted by atomic mass is 10.1. The van der Waals surface area contributed by atoms with Gasteiger partial charge in [0.25, 0.3) is 0 Å². The van der Waals surface area contributed by atoms with Crippen molar-refractivity contribution in [2.75, 3.05) is 46.6 Å². The van der Waals surface area contributed by atoms with Gasteiger partial charge in [-0.25, -0.2) is 9.97 Å². The molecule has 0 spiro atoms. The maximum atomic E-state index is 11.4. The Kier molecular flexibility index (Phi) is 6.20. The topological polar surface area (TPSA) is 86.3 Å². The summed E-state index contributed by atoms with van der Waals surface area (Å²) in [5.41, 5.74) is 6.45. The predicted octanol–water partition coefficient (Wildman–Crippen LogP) is 3.83. The normalized spacial score (nSPS) is 13.8. The van der Waals surface area contributed by atoms with Gasteiger partial charge in [0.05, 0.1) is 0 Å². The molecule has 0 radical (unpaired) electrons. The van der Waals surface area contributed by atoms with E-state index >= 15 is 0 Å². The smallest absolute Gasteiger partial charge is 0.231 e. The molecule has 1 amide bonds. The Bertz CT molecular complexity index is 1120. The Balaban J connectivity index is 1.42. The van der Waals surface area contributed by atoms with Crippen LogP contribution < -0.4 is 20.4 Å². The molecule has 3 aromatic rings. The number of carbonyl (C=O) groups excluding carboxylic acids is 1. The van der Waals surface area contributed by atoms with Crippen molar-refractivity contribution < 1.29 is 4.79 Å². The molecule has 1 aromatic heterocycles. The fourth-order valence-corrected chi connectivity index (χ4v) is 3.74. The van der Waals surface area contributed by atoms with E-state index in [-0.39, 0.29) is 5.91 Å². The van der Waals surface area contributed by atoms with E-state index in [4.69, 9.17) is 0 Å². The van der Waals surface area contributed by atoms with Crippen molar-refractivity contribution in [3.63, 3.8) is 0 Å². The summed E-state index contributed by atoms with van der Waals surface area (Å²) in [5, 5.41) is 6.06. The Labute approximate surface area is 188 Å². The van der Waals surface area contributed by atoms with Crippen molar-refractivity contribution in [2.24, 2.45) is 0 Å². The Morgan fingerprint density at radius 1 is 0.875 bits per heavy atom. The molecule has 32 heavy (non-hydrogen) atoms. The van der Waals surface area contributed by atoms with Gasteiger partial charge in [-0.3, -0.25) is 4.79 Å². The summed E-state index contributed by atoms with van der Waals surface area (Å²) in [5.74, 6) is 1.04. The number of benzene rings is 2. The number of piperazine rings is 1. The molecule has 1 saturated heterocycles. The lowest BCUT2D eigenvalue weighted by Gasteiger charge is -2.36. The van der Waals surface area contributed by atoms with Crippen molar-refractivity contribution >= 4 is 34.9 Å².